The van der Waals surface area contributed by atoms with Crippen molar-refractivity contribution in [2.45, 2.75) is 19.3 Å². The molecule has 0 radical (unpaired) electrons. The van der Waals surface area contributed by atoms with E-state index in [0.29, 0.717) is 45.2 Å². The quantitative estimate of drug-likeness (QED) is 0.521. The first-order valence-corrected chi connectivity index (χ1v) is 11.8. The van der Waals surface area contributed by atoms with E-state index < -0.39 is 5.92 Å². The van der Waals surface area contributed by atoms with E-state index in [1.165, 1.54) is 14.2 Å². The maximum atomic E-state index is 12.7. The van der Waals surface area contributed by atoms with Crippen LogP contribution in [0.5, 0.6) is 17.2 Å². The molecule has 2 amide bonds. The van der Waals surface area contributed by atoms with Crippen molar-refractivity contribution in [2.75, 3.05) is 31.9 Å². The lowest BCUT2D eigenvalue weighted by molar-refractivity contribution is -0.121. The van der Waals surface area contributed by atoms with Crippen LogP contribution in [-0.4, -0.2) is 38.4 Å². The SMILES string of the molecule is CCOc1ccccc1C1CC(=O)NC(SCC(=O)Nc2cc(OC)c(Cl)cc2OC)=C1C#N. The van der Waals surface area contributed by atoms with Crippen LogP contribution in [0.3, 0.4) is 0 Å². The van der Waals surface area contributed by atoms with Crippen molar-refractivity contribution in [3.05, 3.63) is 57.6 Å². The minimum atomic E-state index is -0.465. The Morgan fingerprint density at radius 2 is 1.97 bits per heavy atom. The fourth-order valence-corrected chi connectivity index (χ4v) is 4.64. The van der Waals surface area contributed by atoms with Gasteiger partial charge in [-0.25, -0.2) is 0 Å². The van der Waals surface area contributed by atoms with Crippen molar-refractivity contribution < 1.29 is 23.8 Å². The number of carbonyl (C=O) groups is 2. The Kier molecular flexibility index (Phi) is 8.68. The molecule has 0 aromatic heterocycles. The predicted octanol–water partition coefficient (Wildman–Crippen LogP) is 4.47. The Labute approximate surface area is 207 Å². The molecule has 2 aromatic carbocycles. The molecule has 1 unspecified atom stereocenters. The van der Waals surface area contributed by atoms with Crippen LogP contribution in [0.4, 0.5) is 5.69 Å². The van der Waals surface area contributed by atoms with E-state index in [4.69, 9.17) is 25.8 Å². The number of nitrogens with one attached hydrogen (secondary N) is 2. The van der Waals surface area contributed by atoms with Gasteiger partial charge < -0.3 is 24.8 Å². The van der Waals surface area contributed by atoms with Crippen molar-refractivity contribution >= 4 is 40.9 Å². The van der Waals surface area contributed by atoms with Crippen LogP contribution in [0.25, 0.3) is 0 Å². The number of carbonyl (C=O) groups excluding carboxylic acids is 2. The molecule has 1 aliphatic heterocycles. The van der Waals surface area contributed by atoms with Crippen LogP contribution in [0.15, 0.2) is 47.0 Å². The summed E-state index contributed by atoms with van der Waals surface area (Å²) in [6.07, 6.45) is 0.116. The molecule has 0 saturated heterocycles. The average Bonchev–Trinajstić information content (AvgIpc) is 2.83. The van der Waals surface area contributed by atoms with Gasteiger partial charge in [-0.3, -0.25) is 9.59 Å². The Morgan fingerprint density at radius 3 is 2.65 bits per heavy atom. The van der Waals surface area contributed by atoms with E-state index in [0.717, 1.165) is 17.3 Å². The van der Waals surface area contributed by atoms with Crippen LogP contribution in [0.2, 0.25) is 5.02 Å². The number of halogens is 1. The molecule has 8 nitrogen and oxygen atoms in total. The summed E-state index contributed by atoms with van der Waals surface area (Å²) in [6, 6.07) is 12.7. The smallest absolute Gasteiger partial charge is 0.234 e. The van der Waals surface area contributed by atoms with Crippen LogP contribution >= 0.6 is 23.4 Å². The van der Waals surface area contributed by atoms with Crippen LogP contribution in [0.1, 0.15) is 24.8 Å². The van der Waals surface area contributed by atoms with E-state index in [1.807, 2.05) is 31.2 Å². The fourth-order valence-electron chi connectivity index (χ4n) is 3.54. The van der Waals surface area contributed by atoms with Gasteiger partial charge in [0.1, 0.15) is 17.2 Å². The number of hydrogen-bond donors (Lipinski definition) is 2. The lowest BCUT2D eigenvalue weighted by Crippen LogP contribution is -2.31. The molecule has 178 valence electrons. The number of rotatable bonds is 9. The van der Waals surface area contributed by atoms with E-state index in [2.05, 4.69) is 16.7 Å². The maximum Gasteiger partial charge on any atom is 0.234 e. The zero-order chi connectivity index (χ0) is 24.7. The predicted molar refractivity (Wildman–Crippen MR) is 131 cm³/mol. The first-order valence-electron chi connectivity index (χ1n) is 10.4. The summed E-state index contributed by atoms with van der Waals surface area (Å²) < 4.78 is 16.2. The van der Waals surface area contributed by atoms with Crippen LogP contribution < -0.4 is 24.8 Å². The van der Waals surface area contributed by atoms with Crippen LogP contribution in [-0.2, 0) is 9.59 Å². The Hall–Kier alpha value is -3.35. The molecule has 1 atom stereocenters. The largest absolute Gasteiger partial charge is 0.495 e. The monoisotopic (exact) mass is 501 g/mol. The van der Waals surface area contributed by atoms with E-state index in [-0.39, 0.29) is 24.0 Å². The van der Waals surface area contributed by atoms with Gasteiger partial charge in [0, 0.05) is 30.0 Å². The number of nitrogens with zero attached hydrogens (tertiary/aromatic N) is 1. The van der Waals surface area contributed by atoms with Gasteiger partial charge in [0.2, 0.25) is 11.8 Å². The molecule has 0 saturated carbocycles. The summed E-state index contributed by atoms with van der Waals surface area (Å²) in [7, 11) is 2.93. The highest BCUT2D eigenvalue weighted by Gasteiger charge is 2.31. The molecular weight excluding hydrogens is 478 g/mol. The molecule has 3 rings (SSSR count). The second-order valence-electron chi connectivity index (χ2n) is 7.15. The summed E-state index contributed by atoms with van der Waals surface area (Å²) in [5, 5.41) is 16.1. The van der Waals surface area contributed by atoms with Gasteiger partial charge in [-0.2, -0.15) is 5.26 Å². The Bertz CT molecular complexity index is 1160. The maximum absolute atomic E-state index is 12.7. The standard InChI is InChI=1S/C24H24ClN3O5S/c1-4-33-19-8-6-5-7-14(19)15-9-22(29)28-24(16(15)12-26)34-13-23(30)27-18-11-20(31-2)17(25)10-21(18)32-3/h5-8,10-11,15H,4,9,13H2,1-3H3,(H,27,30)(H,28,29). The normalized spacial score (nSPS) is 15.3. The number of allylic oxidation sites excluding steroid dienone is 1. The Morgan fingerprint density at radius 1 is 1.24 bits per heavy atom. The van der Waals surface area contributed by atoms with E-state index in [1.54, 1.807) is 12.1 Å². The lowest BCUT2D eigenvalue weighted by atomic mass is 9.86. The van der Waals surface area contributed by atoms with Gasteiger partial charge in [0.05, 0.1) is 54.0 Å². The number of anilines is 1. The molecule has 2 N–H and O–H groups in total. The molecule has 0 spiro atoms. The summed E-state index contributed by atoms with van der Waals surface area (Å²) >= 11 is 7.19. The zero-order valence-electron chi connectivity index (χ0n) is 18.9. The van der Waals surface area contributed by atoms with Gasteiger partial charge in [-0.1, -0.05) is 41.6 Å². The van der Waals surface area contributed by atoms with Crippen molar-refractivity contribution in [1.82, 2.24) is 5.32 Å². The van der Waals surface area contributed by atoms with E-state index in [9.17, 15) is 14.9 Å². The lowest BCUT2D eigenvalue weighted by Gasteiger charge is -2.26. The number of benzene rings is 2. The molecule has 1 aliphatic rings. The van der Waals surface area contributed by atoms with Crippen molar-refractivity contribution in [1.29, 1.82) is 5.26 Å². The number of methoxy groups -OCH3 is 2. The summed E-state index contributed by atoms with van der Waals surface area (Å²) in [5.74, 6) is 0.283. The minimum absolute atomic E-state index is 0.0469. The number of nitriles is 1. The number of ether oxygens (including phenoxy) is 3. The number of hydrogen-bond acceptors (Lipinski definition) is 7. The third-order valence-corrected chi connectivity index (χ3v) is 6.36. The minimum Gasteiger partial charge on any atom is -0.495 e. The third-order valence-electron chi connectivity index (χ3n) is 5.05. The summed E-state index contributed by atoms with van der Waals surface area (Å²) in [5.41, 5.74) is 1.53. The molecule has 34 heavy (non-hydrogen) atoms. The highest BCUT2D eigenvalue weighted by molar-refractivity contribution is 8.03. The third kappa shape index (κ3) is 5.76. The van der Waals surface area contributed by atoms with Gasteiger partial charge in [0.15, 0.2) is 0 Å². The molecule has 0 fully saturated rings. The van der Waals surface area contributed by atoms with Crippen molar-refractivity contribution in [3.8, 4) is 23.3 Å². The molecule has 0 aliphatic carbocycles. The van der Waals surface area contributed by atoms with Gasteiger partial charge in [-0.05, 0) is 13.0 Å². The van der Waals surface area contributed by atoms with Crippen molar-refractivity contribution in [2.24, 2.45) is 0 Å². The van der Waals surface area contributed by atoms with Gasteiger partial charge in [-0.15, -0.1) is 0 Å². The highest BCUT2D eigenvalue weighted by atomic mass is 35.5. The second kappa shape index (κ2) is 11.7. The average molecular weight is 502 g/mol. The summed E-state index contributed by atoms with van der Waals surface area (Å²) in [4.78, 5) is 25.1. The second-order valence-corrected chi connectivity index (χ2v) is 8.55. The molecule has 10 heteroatoms. The van der Waals surface area contributed by atoms with E-state index >= 15 is 0 Å². The van der Waals surface area contributed by atoms with Crippen LogP contribution in [0, 0.1) is 11.3 Å². The fraction of sp³-hybridized carbons (Fsp3) is 0.292. The highest BCUT2D eigenvalue weighted by Crippen LogP contribution is 2.40. The zero-order valence-corrected chi connectivity index (χ0v) is 20.5. The number of para-hydroxylation sites is 1. The van der Waals surface area contributed by atoms with Gasteiger partial charge >= 0.3 is 0 Å². The Balaban J connectivity index is 1.81. The van der Waals surface area contributed by atoms with Crippen molar-refractivity contribution in [3.63, 3.8) is 0 Å². The summed E-state index contributed by atoms with van der Waals surface area (Å²) in [6.45, 7) is 2.33. The molecule has 0 bridgehead atoms. The molecule has 1 heterocycles. The van der Waals surface area contributed by atoms with Gasteiger partial charge in [0.25, 0.3) is 0 Å². The number of amides is 2. The number of thioether (sulfide) groups is 1. The topological polar surface area (TPSA) is 110 Å². The first kappa shape index (κ1) is 25.3. The molecule has 2 aromatic rings. The molecular formula is C24H24ClN3O5S. The first-order chi connectivity index (χ1) is 16.4.